The molecule has 0 saturated carbocycles. The van der Waals surface area contributed by atoms with Crippen molar-refractivity contribution in [3.63, 3.8) is 0 Å². The molecule has 3 aromatic carbocycles. The van der Waals surface area contributed by atoms with Gasteiger partial charge in [0.15, 0.2) is 11.5 Å². The number of amides is 1. The van der Waals surface area contributed by atoms with Crippen molar-refractivity contribution in [1.29, 1.82) is 0 Å². The van der Waals surface area contributed by atoms with Gasteiger partial charge in [-0.15, -0.1) is 0 Å². The van der Waals surface area contributed by atoms with E-state index in [0.29, 0.717) is 41.0 Å². The van der Waals surface area contributed by atoms with Gasteiger partial charge in [0.1, 0.15) is 12.4 Å². The van der Waals surface area contributed by atoms with Crippen LogP contribution in [0, 0.1) is 0 Å². The molecule has 0 aliphatic rings. The summed E-state index contributed by atoms with van der Waals surface area (Å²) in [4.78, 5) is 12.2. The Morgan fingerprint density at radius 2 is 1.84 bits per heavy atom. The fraction of sp³-hybridized carbons (Fsp3) is 0.167. The monoisotopic (exact) mass is 438 g/mol. The second kappa shape index (κ2) is 11.0. The molecule has 7 heteroatoms. The van der Waals surface area contributed by atoms with Gasteiger partial charge < -0.3 is 14.2 Å². The van der Waals surface area contributed by atoms with Gasteiger partial charge in [-0.3, -0.25) is 4.79 Å². The molecule has 0 aliphatic heterocycles. The molecule has 0 bridgehead atoms. The number of hydrazone groups is 1. The highest BCUT2D eigenvalue weighted by atomic mass is 35.5. The zero-order valence-corrected chi connectivity index (χ0v) is 18.1. The zero-order chi connectivity index (χ0) is 22.1. The molecule has 0 fully saturated rings. The van der Waals surface area contributed by atoms with Crippen molar-refractivity contribution in [2.75, 3.05) is 13.7 Å². The van der Waals surface area contributed by atoms with Crippen molar-refractivity contribution < 1.29 is 19.0 Å². The molecule has 6 nitrogen and oxygen atoms in total. The molecular weight excluding hydrogens is 416 g/mol. The second-order valence-electron chi connectivity index (χ2n) is 6.49. The third kappa shape index (κ3) is 6.49. The van der Waals surface area contributed by atoms with Crippen molar-refractivity contribution in [3.8, 4) is 17.2 Å². The number of rotatable bonds is 9. The van der Waals surface area contributed by atoms with Crippen LogP contribution in [-0.2, 0) is 6.61 Å². The predicted molar refractivity (Wildman–Crippen MR) is 121 cm³/mol. The fourth-order valence-corrected chi connectivity index (χ4v) is 2.98. The molecule has 31 heavy (non-hydrogen) atoms. The van der Waals surface area contributed by atoms with Crippen molar-refractivity contribution in [2.24, 2.45) is 5.10 Å². The highest BCUT2D eigenvalue weighted by molar-refractivity contribution is 6.30. The summed E-state index contributed by atoms with van der Waals surface area (Å²) < 4.78 is 16.6. The lowest BCUT2D eigenvalue weighted by molar-refractivity contribution is 0.0955. The Kier molecular flexibility index (Phi) is 7.90. The number of methoxy groups -OCH3 is 1. The minimum absolute atomic E-state index is 0.312. The van der Waals surface area contributed by atoms with E-state index in [1.807, 2.05) is 37.3 Å². The predicted octanol–water partition coefficient (Wildman–Crippen LogP) is 5.09. The summed E-state index contributed by atoms with van der Waals surface area (Å²) in [6.07, 6.45) is 1.54. The molecule has 0 spiro atoms. The van der Waals surface area contributed by atoms with Crippen LogP contribution in [-0.4, -0.2) is 25.8 Å². The fourth-order valence-electron chi connectivity index (χ4n) is 2.77. The molecule has 3 aromatic rings. The van der Waals surface area contributed by atoms with Gasteiger partial charge in [0.2, 0.25) is 0 Å². The first-order valence-corrected chi connectivity index (χ1v) is 10.1. The number of halogens is 1. The zero-order valence-electron chi connectivity index (χ0n) is 17.3. The Morgan fingerprint density at radius 3 is 2.55 bits per heavy atom. The van der Waals surface area contributed by atoms with E-state index in [9.17, 15) is 4.79 Å². The van der Waals surface area contributed by atoms with Gasteiger partial charge >= 0.3 is 0 Å². The van der Waals surface area contributed by atoms with Gasteiger partial charge in [-0.05, 0) is 72.6 Å². The van der Waals surface area contributed by atoms with E-state index >= 15 is 0 Å². The van der Waals surface area contributed by atoms with Crippen molar-refractivity contribution in [3.05, 3.63) is 88.4 Å². The molecule has 0 unspecified atom stereocenters. The maximum Gasteiger partial charge on any atom is 0.271 e. The first kappa shape index (κ1) is 22.2. The molecule has 0 aromatic heterocycles. The van der Waals surface area contributed by atoms with E-state index in [4.69, 9.17) is 25.8 Å². The van der Waals surface area contributed by atoms with Gasteiger partial charge in [-0.2, -0.15) is 5.10 Å². The van der Waals surface area contributed by atoms with Gasteiger partial charge in [0.25, 0.3) is 5.91 Å². The van der Waals surface area contributed by atoms with Crippen LogP contribution >= 0.6 is 11.6 Å². The first-order valence-electron chi connectivity index (χ1n) is 9.70. The lowest BCUT2D eigenvalue weighted by atomic mass is 10.2. The standard InChI is InChI=1S/C24H23ClN2O4/c1-3-30-21-10-8-19(9-11-21)24(28)27-26-15-17-7-12-22(23(14-17)29-2)31-16-18-5-4-6-20(25)13-18/h4-15H,3,16H2,1-2H3,(H,27,28)/b26-15-. The number of hydrogen-bond acceptors (Lipinski definition) is 5. The largest absolute Gasteiger partial charge is 0.494 e. The number of ether oxygens (including phenoxy) is 3. The molecule has 0 radical (unpaired) electrons. The normalized spacial score (nSPS) is 10.7. The van der Waals surface area contributed by atoms with Crippen LogP contribution in [0.1, 0.15) is 28.4 Å². The van der Waals surface area contributed by atoms with E-state index in [0.717, 1.165) is 11.1 Å². The quantitative estimate of drug-likeness (QED) is 0.373. The van der Waals surface area contributed by atoms with Gasteiger partial charge in [-0.1, -0.05) is 23.7 Å². The van der Waals surface area contributed by atoms with Crippen LogP contribution in [0.15, 0.2) is 71.8 Å². The average molecular weight is 439 g/mol. The Hall–Kier alpha value is -3.51. The topological polar surface area (TPSA) is 69.2 Å². The van der Waals surface area contributed by atoms with E-state index in [1.54, 1.807) is 43.5 Å². The Balaban J connectivity index is 1.59. The maximum atomic E-state index is 12.2. The molecule has 0 saturated heterocycles. The molecule has 0 aliphatic carbocycles. The van der Waals surface area contributed by atoms with Crippen LogP contribution < -0.4 is 19.6 Å². The molecule has 1 amide bonds. The number of carbonyl (C=O) groups excluding carboxylic acids is 1. The van der Waals surface area contributed by atoms with Crippen LogP contribution in [0.4, 0.5) is 0 Å². The summed E-state index contributed by atoms with van der Waals surface area (Å²) in [6, 6.07) is 19.7. The highest BCUT2D eigenvalue weighted by Gasteiger charge is 2.07. The van der Waals surface area contributed by atoms with Crippen molar-refractivity contribution in [1.82, 2.24) is 5.43 Å². The Morgan fingerprint density at radius 1 is 1.03 bits per heavy atom. The van der Waals surface area contributed by atoms with Crippen molar-refractivity contribution >= 4 is 23.7 Å². The number of nitrogens with zero attached hydrogens (tertiary/aromatic N) is 1. The van der Waals surface area contributed by atoms with Crippen LogP contribution in [0.3, 0.4) is 0 Å². The summed E-state index contributed by atoms with van der Waals surface area (Å²) in [6.45, 7) is 2.84. The number of carbonyl (C=O) groups is 1. The van der Waals surface area contributed by atoms with Gasteiger partial charge in [0.05, 0.1) is 19.9 Å². The third-order valence-electron chi connectivity index (χ3n) is 4.28. The maximum absolute atomic E-state index is 12.2. The lowest BCUT2D eigenvalue weighted by Crippen LogP contribution is -2.17. The Labute approximate surface area is 186 Å². The molecular formula is C24H23ClN2O4. The molecule has 0 heterocycles. The van der Waals surface area contributed by atoms with E-state index in [-0.39, 0.29) is 5.91 Å². The number of nitrogens with one attached hydrogen (secondary N) is 1. The van der Waals surface area contributed by atoms with Gasteiger partial charge in [0, 0.05) is 10.6 Å². The minimum Gasteiger partial charge on any atom is -0.494 e. The Bertz CT molecular complexity index is 1050. The van der Waals surface area contributed by atoms with Gasteiger partial charge in [-0.25, -0.2) is 5.43 Å². The first-order chi connectivity index (χ1) is 15.1. The van der Waals surface area contributed by atoms with Crippen LogP contribution in [0.25, 0.3) is 0 Å². The van der Waals surface area contributed by atoms with E-state index < -0.39 is 0 Å². The molecule has 1 N–H and O–H groups in total. The summed E-state index contributed by atoms with van der Waals surface area (Å²) in [7, 11) is 1.57. The SMILES string of the molecule is CCOc1ccc(C(=O)N/N=C\c2ccc(OCc3cccc(Cl)c3)c(OC)c2)cc1. The van der Waals surface area contributed by atoms with Crippen molar-refractivity contribution in [2.45, 2.75) is 13.5 Å². The van der Waals surface area contributed by atoms with Crippen LogP contribution in [0.5, 0.6) is 17.2 Å². The minimum atomic E-state index is -0.312. The third-order valence-corrected chi connectivity index (χ3v) is 4.51. The summed E-state index contributed by atoms with van der Waals surface area (Å²) >= 11 is 6.01. The summed E-state index contributed by atoms with van der Waals surface area (Å²) in [5.74, 6) is 1.56. The smallest absolute Gasteiger partial charge is 0.271 e. The summed E-state index contributed by atoms with van der Waals surface area (Å²) in [5, 5.41) is 4.68. The number of hydrogen-bond donors (Lipinski definition) is 1. The summed E-state index contributed by atoms with van der Waals surface area (Å²) in [5.41, 5.74) is 4.70. The van der Waals surface area contributed by atoms with E-state index in [2.05, 4.69) is 10.5 Å². The number of benzene rings is 3. The van der Waals surface area contributed by atoms with E-state index in [1.165, 1.54) is 6.21 Å². The average Bonchev–Trinajstić information content (AvgIpc) is 2.78. The second-order valence-corrected chi connectivity index (χ2v) is 6.92. The molecule has 160 valence electrons. The molecule has 0 atom stereocenters. The van der Waals surface area contributed by atoms with Crippen LogP contribution in [0.2, 0.25) is 5.02 Å². The lowest BCUT2D eigenvalue weighted by Gasteiger charge is -2.11. The molecule has 3 rings (SSSR count). The highest BCUT2D eigenvalue weighted by Crippen LogP contribution is 2.28.